The minimum atomic E-state index is -4.45. The summed E-state index contributed by atoms with van der Waals surface area (Å²) in [5.74, 6) is -1.14. The molecule has 0 spiro atoms. The third kappa shape index (κ3) is 4.72. The number of fused-ring (bicyclic) bond motifs is 1. The number of halogens is 2. The van der Waals surface area contributed by atoms with Gasteiger partial charge in [-0.1, -0.05) is 38.1 Å². The Bertz CT molecular complexity index is 901. The summed E-state index contributed by atoms with van der Waals surface area (Å²) in [7, 11) is -4.45. The van der Waals surface area contributed by atoms with E-state index in [1.165, 1.54) is 6.07 Å². The maximum absolute atomic E-state index is 12.8. The van der Waals surface area contributed by atoms with Crippen LogP contribution in [0.3, 0.4) is 0 Å². The SMILES string of the molecule is CC.Cc1ccccc1C1=C(O)c2nonc2N(CC(F)F)S1(=O)=O.[CH3-].[Y]. The number of aliphatic hydroxyl groups is 1. The largest absolute Gasteiger partial charge is 0.504 e. The van der Waals surface area contributed by atoms with Crippen molar-refractivity contribution in [1.82, 2.24) is 10.3 Å². The molecule has 2 heterocycles. The molecule has 0 bridgehead atoms. The van der Waals surface area contributed by atoms with Gasteiger partial charge in [0.05, 0.1) is 6.54 Å². The zero-order valence-corrected chi connectivity index (χ0v) is 19.0. The van der Waals surface area contributed by atoms with Crippen molar-refractivity contribution >= 4 is 26.5 Å². The molecule has 1 aliphatic rings. The first-order valence-corrected chi connectivity index (χ1v) is 8.91. The quantitative estimate of drug-likeness (QED) is 0.679. The van der Waals surface area contributed by atoms with Gasteiger partial charge < -0.3 is 12.5 Å². The average Bonchev–Trinajstić information content (AvgIpc) is 3.04. The Morgan fingerprint density at radius 1 is 1.22 bits per heavy atom. The Hall–Kier alpha value is -1.39. The number of anilines is 1. The molecule has 1 radical (unpaired) electrons. The Kier molecular flexibility index (Phi) is 9.71. The van der Waals surface area contributed by atoms with E-state index < -0.39 is 39.5 Å². The van der Waals surface area contributed by atoms with Gasteiger partial charge in [-0.2, -0.15) is 0 Å². The van der Waals surface area contributed by atoms with Gasteiger partial charge in [-0.15, -0.1) is 0 Å². The molecule has 147 valence electrons. The zero-order chi connectivity index (χ0) is 18.8. The van der Waals surface area contributed by atoms with Crippen molar-refractivity contribution in [3.63, 3.8) is 0 Å². The van der Waals surface area contributed by atoms with Crippen LogP contribution in [-0.4, -0.2) is 36.8 Å². The van der Waals surface area contributed by atoms with Crippen LogP contribution in [0.4, 0.5) is 14.6 Å². The van der Waals surface area contributed by atoms with Gasteiger partial charge in [0.15, 0.2) is 11.5 Å². The van der Waals surface area contributed by atoms with Gasteiger partial charge in [0.1, 0.15) is 4.91 Å². The fourth-order valence-electron chi connectivity index (χ4n) is 2.35. The molecule has 1 N–H and O–H groups in total. The van der Waals surface area contributed by atoms with Crippen molar-refractivity contribution in [2.45, 2.75) is 27.2 Å². The number of benzene rings is 1. The summed E-state index contributed by atoms with van der Waals surface area (Å²) in [6.45, 7) is 4.52. The van der Waals surface area contributed by atoms with Crippen LogP contribution >= 0.6 is 0 Å². The van der Waals surface area contributed by atoms with Gasteiger partial charge in [0.2, 0.25) is 5.82 Å². The first-order valence-electron chi connectivity index (χ1n) is 7.47. The Balaban J connectivity index is 0.00000164. The monoisotopic (exact) mass is 477 g/mol. The molecule has 0 amide bonds. The van der Waals surface area contributed by atoms with Crippen LogP contribution in [-0.2, 0) is 42.7 Å². The summed E-state index contributed by atoms with van der Waals surface area (Å²) in [5.41, 5.74) is 0.450. The van der Waals surface area contributed by atoms with E-state index >= 15 is 0 Å². The summed E-state index contributed by atoms with van der Waals surface area (Å²) in [5, 5.41) is 17.0. The van der Waals surface area contributed by atoms with Gasteiger partial charge in [-0.25, -0.2) is 26.1 Å². The van der Waals surface area contributed by atoms with E-state index in [-0.39, 0.29) is 51.4 Å². The molecule has 0 atom stereocenters. The molecule has 0 unspecified atom stereocenters. The van der Waals surface area contributed by atoms with Gasteiger partial charge in [0, 0.05) is 38.3 Å². The summed E-state index contributed by atoms with van der Waals surface area (Å²) >= 11 is 0. The topological polar surface area (TPSA) is 96.5 Å². The minimum absolute atomic E-state index is 0. The molecule has 1 aromatic carbocycles. The van der Waals surface area contributed by atoms with Gasteiger partial charge >= 0.3 is 0 Å². The number of aromatic nitrogens is 2. The number of aliphatic hydroxyl groups excluding tert-OH is 1. The van der Waals surface area contributed by atoms with E-state index in [1.807, 2.05) is 13.8 Å². The van der Waals surface area contributed by atoms with Crippen LogP contribution in [0.5, 0.6) is 0 Å². The fourth-order valence-corrected chi connectivity index (χ4v) is 4.08. The van der Waals surface area contributed by atoms with Crippen molar-refractivity contribution in [2.24, 2.45) is 0 Å². The zero-order valence-electron chi connectivity index (χ0n) is 15.3. The van der Waals surface area contributed by atoms with E-state index in [0.29, 0.717) is 9.87 Å². The van der Waals surface area contributed by atoms with Gasteiger partial charge in [-0.05, 0) is 22.8 Å². The maximum Gasteiger partial charge on any atom is 0.270 e. The molecule has 11 heteroatoms. The van der Waals surface area contributed by atoms with Crippen LogP contribution in [0, 0.1) is 14.4 Å². The summed E-state index contributed by atoms with van der Waals surface area (Å²) in [4.78, 5) is -0.501. The summed E-state index contributed by atoms with van der Waals surface area (Å²) in [6, 6.07) is 6.37. The number of aryl methyl sites for hydroxylation is 1. The molecule has 0 saturated heterocycles. The number of rotatable bonds is 3. The van der Waals surface area contributed by atoms with Gasteiger partial charge in [-0.3, -0.25) is 0 Å². The predicted octanol–water partition coefficient (Wildman–Crippen LogP) is 3.65. The molecular formula is C16H20F2N3O4SY-. The third-order valence-corrected chi connectivity index (χ3v) is 5.22. The van der Waals surface area contributed by atoms with Crippen LogP contribution in [0.15, 0.2) is 28.9 Å². The van der Waals surface area contributed by atoms with Gasteiger partial charge in [0.25, 0.3) is 16.4 Å². The third-order valence-electron chi connectivity index (χ3n) is 3.39. The fraction of sp³-hybridized carbons (Fsp3) is 0.312. The molecule has 2 aromatic rings. The number of sulfonamides is 1. The van der Waals surface area contributed by atoms with Crippen molar-refractivity contribution in [3.8, 4) is 0 Å². The molecule has 27 heavy (non-hydrogen) atoms. The molecular weight excluding hydrogens is 457 g/mol. The number of hydrogen-bond acceptors (Lipinski definition) is 6. The first kappa shape index (κ1) is 25.6. The molecule has 7 nitrogen and oxygen atoms in total. The smallest absolute Gasteiger partial charge is 0.270 e. The van der Waals surface area contributed by atoms with Crippen molar-refractivity contribution < 1.29 is 59.6 Å². The first-order chi connectivity index (χ1) is 11.8. The predicted molar refractivity (Wildman–Crippen MR) is 95.0 cm³/mol. The number of hydrogen-bond donors (Lipinski definition) is 1. The summed E-state index contributed by atoms with van der Waals surface area (Å²) < 4.78 is 55.9. The van der Waals surface area contributed by atoms with E-state index in [2.05, 4.69) is 14.9 Å². The molecule has 0 saturated carbocycles. The Morgan fingerprint density at radius 3 is 2.37 bits per heavy atom. The molecule has 1 aliphatic heterocycles. The second-order valence-electron chi connectivity index (χ2n) is 4.86. The van der Waals surface area contributed by atoms with Crippen molar-refractivity contribution in [2.75, 3.05) is 10.8 Å². The molecule has 3 rings (SSSR count). The van der Waals surface area contributed by atoms with Crippen LogP contribution in [0.1, 0.15) is 30.7 Å². The maximum atomic E-state index is 12.8. The van der Waals surface area contributed by atoms with Crippen LogP contribution in [0.2, 0.25) is 0 Å². The normalized spacial score (nSPS) is 14.5. The van der Waals surface area contributed by atoms with E-state index in [0.717, 1.165) is 0 Å². The van der Waals surface area contributed by atoms with Crippen molar-refractivity contribution in [3.05, 3.63) is 48.5 Å². The van der Waals surface area contributed by atoms with E-state index in [9.17, 15) is 22.3 Å². The van der Waals surface area contributed by atoms with E-state index in [1.54, 1.807) is 25.1 Å². The van der Waals surface area contributed by atoms with Crippen LogP contribution in [0.25, 0.3) is 10.7 Å². The Morgan fingerprint density at radius 2 is 1.81 bits per heavy atom. The second-order valence-corrected chi connectivity index (χ2v) is 6.66. The molecule has 0 fully saturated rings. The summed E-state index contributed by atoms with van der Waals surface area (Å²) in [6.07, 6.45) is -2.94. The van der Waals surface area contributed by atoms with E-state index in [4.69, 9.17) is 0 Å². The second kappa shape index (κ2) is 10.2. The minimum Gasteiger partial charge on any atom is -0.504 e. The number of alkyl halides is 2. The molecule has 0 aliphatic carbocycles. The Labute approximate surface area is 182 Å². The average molecular weight is 477 g/mol. The standard InChI is InChI=1S/C13H11F2N3O4S.C2H6.CH3.Y/c1-7-4-2-3-5-8(7)12-11(19)10-13(17-22-16-10)18(6-9(14)15)23(12,20)21;1-2;;/h2-5,9,19H,6H2,1H3;1-2H3;1H3;/q;;-1;. The van der Waals surface area contributed by atoms with Crippen LogP contribution < -0.4 is 4.31 Å². The van der Waals surface area contributed by atoms with Crippen molar-refractivity contribution in [1.29, 1.82) is 0 Å². The number of nitrogens with zero attached hydrogens (tertiary/aromatic N) is 3. The molecule has 1 aromatic heterocycles.